The number of hydrogen-bond acceptors (Lipinski definition) is 5. The summed E-state index contributed by atoms with van der Waals surface area (Å²) in [5.41, 5.74) is 10.7. The molecule has 1 aromatic heterocycles. The van der Waals surface area contributed by atoms with Crippen LogP contribution in [0.3, 0.4) is 0 Å². The normalized spacial score (nSPS) is 19.9. The lowest BCUT2D eigenvalue weighted by atomic mass is 10.1. The number of anilines is 2. The number of carbonyl (C=O) groups excluding carboxylic acids is 1. The molecule has 3 N–H and O–H groups in total. The third kappa shape index (κ3) is 5.00. The predicted octanol–water partition coefficient (Wildman–Crippen LogP) is 4.17. The summed E-state index contributed by atoms with van der Waals surface area (Å²) in [4.78, 5) is 15.9. The molecule has 3 aromatic rings. The molecule has 2 atom stereocenters. The molecule has 0 radical (unpaired) electrons. The Labute approximate surface area is 219 Å². The number of aryl methyl sites for hydroxylation is 2. The van der Waals surface area contributed by atoms with Gasteiger partial charge < -0.3 is 20.5 Å². The molecule has 3 heterocycles. The summed E-state index contributed by atoms with van der Waals surface area (Å²) in [5, 5.41) is 3.96. The first kappa shape index (κ1) is 25.8. The van der Waals surface area contributed by atoms with Gasteiger partial charge in [-0.1, -0.05) is 12.5 Å². The van der Waals surface area contributed by atoms with Gasteiger partial charge in [-0.3, -0.25) is 4.79 Å². The maximum absolute atomic E-state index is 13.4. The molecule has 0 spiro atoms. The van der Waals surface area contributed by atoms with E-state index in [4.69, 9.17) is 5.73 Å². The Hall–Kier alpha value is -2.88. The van der Waals surface area contributed by atoms with E-state index in [9.17, 15) is 13.2 Å². The third-order valence-electron chi connectivity index (χ3n) is 7.82. The number of amides is 1. The number of rotatable bonds is 6. The van der Waals surface area contributed by atoms with Gasteiger partial charge in [0.05, 0.1) is 4.90 Å². The minimum Gasteiger partial charge on any atom is -0.370 e. The first-order valence-corrected chi connectivity index (χ1v) is 14.6. The fraction of sp³-hybridized carbons (Fsp3) is 0.464. The Bertz CT molecular complexity index is 1430. The first-order valence-electron chi connectivity index (χ1n) is 13.2. The van der Waals surface area contributed by atoms with Crippen LogP contribution in [0.5, 0.6) is 0 Å². The van der Waals surface area contributed by atoms with Gasteiger partial charge in [0.1, 0.15) is 6.04 Å². The lowest BCUT2D eigenvalue weighted by molar-refractivity contribution is -0.118. The summed E-state index contributed by atoms with van der Waals surface area (Å²) in [5.74, 6) is -0.125. The van der Waals surface area contributed by atoms with Gasteiger partial charge >= 0.3 is 0 Å². The molecule has 0 saturated carbocycles. The molecule has 5 rings (SSSR count). The average molecular weight is 524 g/mol. The highest BCUT2D eigenvalue weighted by Gasteiger charge is 2.27. The molecule has 2 fully saturated rings. The van der Waals surface area contributed by atoms with Crippen LogP contribution >= 0.6 is 0 Å². The van der Waals surface area contributed by atoms with E-state index in [-0.39, 0.29) is 11.9 Å². The molecule has 8 nitrogen and oxygen atoms in total. The van der Waals surface area contributed by atoms with Gasteiger partial charge in [-0.15, -0.1) is 0 Å². The van der Waals surface area contributed by atoms with Crippen LogP contribution in [-0.2, 0) is 14.8 Å². The second kappa shape index (κ2) is 10.1. The fourth-order valence-electron chi connectivity index (χ4n) is 5.47. The molecule has 2 aliphatic rings. The Kier molecular flexibility index (Phi) is 7.04. The van der Waals surface area contributed by atoms with Crippen molar-refractivity contribution < 1.29 is 13.2 Å². The van der Waals surface area contributed by atoms with Gasteiger partial charge in [0.25, 0.3) is 0 Å². The fourth-order valence-corrected chi connectivity index (χ4v) is 7.01. The molecule has 2 aliphatic heterocycles. The average Bonchev–Trinajstić information content (AvgIpc) is 3.48. The molecule has 1 amide bonds. The van der Waals surface area contributed by atoms with Crippen molar-refractivity contribution in [1.82, 2.24) is 8.87 Å². The summed E-state index contributed by atoms with van der Waals surface area (Å²) < 4.78 is 29.9. The van der Waals surface area contributed by atoms with Crippen molar-refractivity contribution >= 4 is 38.2 Å². The minimum absolute atomic E-state index is 0.125. The standard InChI is InChI=1S/C28H37N5O3S/c1-19-7-8-23(31-14-11-22(29)18-31)15-26(19)30-28(34)21(3)33-17-20(2)25-16-24(9-10-27(25)33)37(35,36)32-12-5-4-6-13-32/h7-10,15-17,21-22H,4-6,11-14,18,29H2,1-3H3,(H,30,34)/t21?,22-/m1/s1. The first-order chi connectivity index (χ1) is 17.6. The second-order valence-corrected chi connectivity index (χ2v) is 12.5. The predicted molar refractivity (Wildman–Crippen MR) is 149 cm³/mol. The van der Waals surface area contributed by atoms with E-state index in [0.29, 0.717) is 18.0 Å². The Balaban J connectivity index is 1.38. The number of piperidine rings is 1. The van der Waals surface area contributed by atoms with Gasteiger partial charge in [0.15, 0.2) is 0 Å². The molecule has 0 aliphatic carbocycles. The van der Waals surface area contributed by atoms with Crippen molar-refractivity contribution in [3.05, 3.63) is 53.7 Å². The topological polar surface area (TPSA) is 101 Å². The summed E-state index contributed by atoms with van der Waals surface area (Å²) >= 11 is 0. The number of benzene rings is 2. The Morgan fingerprint density at radius 3 is 2.49 bits per heavy atom. The van der Waals surface area contributed by atoms with Crippen molar-refractivity contribution in [2.75, 3.05) is 36.4 Å². The molecule has 1 unspecified atom stereocenters. The third-order valence-corrected chi connectivity index (χ3v) is 9.72. The second-order valence-electron chi connectivity index (χ2n) is 10.5. The Morgan fingerprint density at radius 1 is 1.03 bits per heavy atom. The molecule has 198 valence electrons. The summed E-state index contributed by atoms with van der Waals surface area (Å²) in [6.07, 6.45) is 5.77. The van der Waals surface area contributed by atoms with Gasteiger partial charge in [-0.05, 0) is 81.5 Å². The van der Waals surface area contributed by atoms with Crippen LogP contribution in [0.4, 0.5) is 11.4 Å². The van der Waals surface area contributed by atoms with Crippen LogP contribution in [-0.4, -0.2) is 55.4 Å². The smallest absolute Gasteiger partial charge is 0.247 e. The molecule has 2 aromatic carbocycles. The SMILES string of the molecule is Cc1ccc(N2CC[C@@H](N)C2)cc1NC(=O)C(C)n1cc(C)c2cc(S(=O)(=O)N3CCCCC3)ccc21. The molecule has 37 heavy (non-hydrogen) atoms. The molecular weight excluding hydrogens is 486 g/mol. The number of nitrogens with one attached hydrogen (secondary N) is 1. The number of hydrogen-bond donors (Lipinski definition) is 2. The highest BCUT2D eigenvalue weighted by Crippen LogP contribution is 2.31. The van der Waals surface area contributed by atoms with Crippen LogP contribution in [0.2, 0.25) is 0 Å². The number of sulfonamides is 1. The van der Waals surface area contributed by atoms with Crippen molar-refractivity contribution in [2.24, 2.45) is 5.73 Å². The van der Waals surface area contributed by atoms with Crippen LogP contribution in [0.25, 0.3) is 10.9 Å². The zero-order chi connectivity index (χ0) is 26.3. The number of carbonyl (C=O) groups is 1. The monoisotopic (exact) mass is 523 g/mol. The van der Waals surface area contributed by atoms with E-state index >= 15 is 0 Å². The number of fused-ring (bicyclic) bond motifs is 1. The lowest BCUT2D eigenvalue weighted by Gasteiger charge is -2.26. The van der Waals surface area contributed by atoms with Crippen molar-refractivity contribution in [3.63, 3.8) is 0 Å². The highest BCUT2D eigenvalue weighted by molar-refractivity contribution is 7.89. The maximum Gasteiger partial charge on any atom is 0.247 e. The molecular formula is C28H37N5O3S. The van der Waals surface area contributed by atoms with Crippen LogP contribution in [0, 0.1) is 13.8 Å². The van der Waals surface area contributed by atoms with E-state index in [1.54, 1.807) is 16.4 Å². The zero-order valence-electron chi connectivity index (χ0n) is 21.9. The lowest BCUT2D eigenvalue weighted by Crippen LogP contribution is -2.35. The van der Waals surface area contributed by atoms with Crippen LogP contribution in [0.1, 0.15) is 49.8 Å². The van der Waals surface area contributed by atoms with Crippen molar-refractivity contribution in [3.8, 4) is 0 Å². The van der Waals surface area contributed by atoms with Gasteiger partial charge in [-0.25, -0.2) is 8.42 Å². The van der Waals surface area contributed by atoms with E-state index < -0.39 is 16.1 Å². The van der Waals surface area contributed by atoms with E-state index in [2.05, 4.69) is 16.3 Å². The van der Waals surface area contributed by atoms with Crippen molar-refractivity contribution in [1.29, 1.82) is 0 Å². The Morgan fingerprint density at radius 2 is 1.78 bits per heavy atom. The number of nitrogens with two attached hydrogens (primary N) is 1. The largest absolute Gasteiger partial charge is 0.370 e. The van der Waals surface area contributed by atoms with Gasteiger partial charge in [-0.2, -0.15) is 4.31 Å². The summed E-state index contributed by atoms with van der Waals surface area (Å²) in [7, 11) is -3.52. The van der Waals surface area contributed by atoms with Crippen molar-refractivity contribution in [2.45, 2.75) is 63.4 Å². The number of aromatic nitrogens is 1. The van der Waals surface area contributed by atoms with E-state index in [1.807, 2.05) is 49.7 Å². The summed E-state index contributed by atoms with van der Waals surface area (Å²) in [6, 6.07) is 11.1. The zero-order valence-corrected chi connectivity index (χ0v) is 22.7. The minimum atomic E-state index is -3.52. The van der Waals surface area contributed by atoms with E-state index in [0.717, 1.165) is 72.2 Å². The quantitative estimate of drug-likeness (QED) is 0.505. The van der Waals surface area contributed by atoms with Gasteiger partial charge in [0.2, 0.25) is 15.9 Å². The summed E-state index contributed by atoms with van der Waals surface area (Å²) in [6.45, 7) is 8.68. The van der Waals surface area contributed by atoms with Crippen LogP contribution < -0.4 is 16.0 Å². The molecule has 0 bridgehead atoms. The maximum atomic E-state index is 13.4. The highest BCUT2D eigenvalue weighted by atomic mass is 32.2. The van der Waals surface area contributed by atoms with E-state index in [1.165, 1.54) is 0 Å². The van der Waals surface area contributed by atoms with Crippen LogP contribution in [0.15, 0.2) is 47.5 Å². The molecule has 2 saturated heterocycles. The number of nitrogens with zero attached hydrogens (tertiary/aromatic N) is 3. The molecule has 9 heteroatoms. The van der Waals surface area contributed by atoms with Gasteiger partial charge in [0, 0.05) is 60.7 Å².